The number of aryl methyl sites for hydroxylation is 2. The fraction of sp³-hybridized carbons (Fsp3) is 0.438. The average molecular weight is 268 g/mol. The monoisotopic (exact) mass is 268 g/mol. The van der Waals surface area contributed by atoms with Crippen LogP contribution in [0.3, 0.4) is 0 Å². The largest absolute Gasteiger partial charge is 0.361 e. The smallest absolute Gasteiger partial charge is 0.133 e. The van der Waals surface area contributed by atoms with Crippen molar-refractivity contribution in [3.05, 3.63) is 47.2 Å². The van der Waals surface area contributed by atoms with E-state index >= 15 is 0 Å². The number of hydrogen-bond donors (Lipinski definition) is 1. The highest BCUT2D eigenvalue weighted by molar-refractivity contribution is 5.46. The van der Waals surface area contributed by atoms with Gasteiger partial charge < -0.3 is 5.32 Å². The van der Waals surface area contributed by atoms with Gasteiger partial charge in [0.2, 0.25) is 0 Å². The summed E-state index contributed by atoms with van der Waals surface area (Å²) in [6.45, 7) is 6.18. The molecule has 0 bridgehead atoms. The van der Waals surface area contributed by atoms with E-state index in [9.17, 15) is 0 Å². The van der Waals surface area contributed by atoms with Crippen molar-refractivity contribution in [2.75, 3.05) is 5.32 Å². The molecule has 0 amide bonds. The van der Waals surface area contributed by atoms with E-state index in [4.69, 9.17) is 0 Å². The third-order valence-corrected chi connectivity index (χ3v) is 3.98. The first-order chi connectivity index (χ1) is 9.65. The molecule has 0 saturated heterocycles. The SMILES string of the molecule is Cc1ccnc(C(Nc2ncnc(C)c2C)C2CC2)c1. The molecule has 0 aliphatic heterocycles. The van der Waals surface area contributed by atoms with Gasteiger partial charge in [-0.05, 0) is 57.2 Å². The van der Waals surface area contributed by atoms with E-state index in [1.807, 2.05) is 19.2 Å². The molecule has 1 aliphatic carbocycles. The zero-order valence-corrected chi connectivity index (χ0v) is 12.2. The van der Waals surface area contributed by atoms with Gasteiger partial charge in [-0.15, -0.1) is 0 Å². The van der Waals surface area contributed by atoms with Crippen LogP contribution in [0.4, 0.5) is 5.82 Å². The predicted octanol–water partition coefficient (Wildman–Crippen LogP) is 3.36. The van der Waals surface area contributed by atoms with Gasteiger partial charge in [0.25, 0.3) is 0 Å². The minimum Gasteiger partial charge on any atom is -0.361 e. The van der Waals surface area contributed by atoms with Crippen molar-refractivity contribution < 1.29 is 0 Å². The van der Waals surface area contributed by atoms with Gasteiger partial charge in [-0.25, -0.2) is 9.97 Å². The first-order valence-electron chi connectivity index (χ1n) is 7.12. The van der Waals surface area contributed by atoms with Crippen molar-refractivity contribution in [2.45, 2.75) is 39.7 Å². The molecule has 4 nitrogen and oxygen atoms in total. The van der Waals surface area contributed by atoms with Gasteiger partial charge in [-0.1, -0.05) is 0 Å². The van der Waals surface area contributed by atoms with E-state index in [-0.39, 0.29) is 6.04 Å². The summed E-state index contributed by atoms with van der Waals surface area (Å²) >= 11 is 0. The molecule has 1 unspecified atom stereocenters. The van der Waals surface area contributed by atoms with Crippen LogP contribution in [0, 0.1) is 26.7 Å². The van der Waals surface area contributed by atoms with Crippen LogP contribution in [-0.4, -0.2) is 15.0 Å². The molecule has 0 aromatic carbocycles. The molecule has 1 N–H and O–H groups in total. The molecular formula is C16H20N4. The lowest BCUT2D eigenvalue weighted by molar-refractivity contribution is 0.653. The maximum Gasteiger partial charge on any atom is 0.133 e. The number of nitrogens with zero attached hydrogens (tertiary/aromatic N) is 3. The Kier molecular flexibility index (Phi) is 3.38. The van der Waals surface area contributed by atoms with Crippen molar-refractivity contribution in [3.63, 3.8) is 0 Å². The van der Waals surface area contributed by atoms with Gasteiger partial charge in [0, 0.05) is 17.5 Å². The first-order valence-corrected chi connectivity index (χ1v) is 7.12. The summed E-state index contributed by atoms with van der Waals surface area (Å²) in [7, 11) is 0. The number of pyridine rings is 1. The molecule has 1 fully saturated rings. The third-order valence-electron chi connectivity index (χ3n) is 3.98. The topological polar surface area (TPSA) is 50.7 Å². The second-order valence-corrected chi connectivity index (χ2v) is 5.65. The van der Waals surface area contributed by atoms with Crippen molar-refractivity contribution in [2.24, 2.45) is 5.92 Å². The minimum atomic E-state index is 0.253. The number of anilines is 1. The second-order valence-electron chi connectivity index (χ2n) is 5.65. The van der Waals surface area contributed by atoms with Gasteiger partial charge in [0.1, 0.15) is 12.1 Å². The van der Waals surface area contributed by atoms with Crippen LogP contribution in [0.5, 0.6) is 0 Å². The highest BCUT2D eigenvalue weighted by Crippen LogP contribution is 2.42. The fourth-order valence-corrected chi connectivity index (χ4v) is 2.42. The summed E-state index contributed by atoms with van der Waals surface area (Å²) in [6.07, 6.45) is 6.03. The van der Waals surface area contributed by atoms with Crippen molar-refractivity contribution in [1.82, 2.24) is 15.0 Å². The molecule has 4 heteroatoms. The van der Waals surface area contributed by atoms with Gasteiger partial charge in [0.15, 0.2) is 0 Å². The van der Waals surface area contributed by atoms with Crippen LogP contribution in [0.1, 0.15) is 41.4 Å². The van der Waals surface area contributed by atoms with Crippen LogP contribution in [-0.2, 0) is 0 Å². The van der Waals surface area contributed by atoms with Crippen LogP contribution in [0.2, 0.25) is 0 Å². The lowest BCUT2D eigenvalue weighted by Gasteiger charge is -2.20. The summed E-state index contributed by atoms with van der Waals surface area (Å²) in [5.74, 6) is 1.59. The van der Waals surface area contributed by atoms with Crippen LogP contribution >= 0.6 is 0 Å². The lowest BCUT2D eigenvalue weighted by Crippen LogP contribution is -2.16. The Hall–Kier alpha value is -1.97. The van der Waals surface area contributed by atoms with Crippen LogP contribution in [0.25, 0.3) is 0 Å². The Morgan fingerprint density at radius 2 is 1.95 bits per heavy atom. The van der Waals surface area contributed by atoms with Gasteiger partial charge >= 0.3 is 0 Å². The molecule has 2 aromatic rings. The number of nitrogens with one attached hydrogen (secondary N) is 1. The highest BCUT2D eigenvalue weighted by atomic mass is 15.1. The van der Waals surface area contributed by atoms with E-state index in [2.05, 4.69) is 40.2 Å². The van der Waals surface area contributed by atoms with Crippen LogP contribution in [0.15, 0.2) is 24.7 Å². The zero-order chi connectivity index (χ0) is 14.1. The molecule has 2 heterocycles. The molecule has 1 atom stereocenters. The molecule has 20 heavy (non-hydrogen) atoms. The quantitative estimate of drug-likeness (QED) is 0.923. The molecule has 1 aliphatic rings. The summed E-state index contributed by atoms with van der Waals surface area (Å²) < 4.78 is 0. The van der Waals surface area contributed by atoms with E-state index in [1.54, 1.807) is 6.33 Å². The fourth-order valence-electron chi connectivity index (χ4n) is 2.42. The van der Waals surface area contributed by atoms with Gasteiger partial charge in [-0.3, -0.25) is 4.98 Å². The van der Waals surface area contributed by atoms with E-state index in [0.717, 1.165) is 22.8 Å². The second kappa shape index (κ2) is 5.19. The summed E-state index contributed by atoms with van der Waals surface area (Å²) in [5, 5.41) is 3.58. The Bertz CT molecular complexity index is 620. The van der Waals surface area contributed by atoms with Crippen LogP contribution < -0.4 is 5.32 Å². The Morgan fingerprint density at radius 1 is 1.15 bits per heavy atom. The van der Waals surface area contributed by atoms with E-state index < -0.39 is 0 Å². The molecule has 1 saturated carbocycles. The van der Waals surface area contributed by atoms with Gasteiger partial charge in [-0.2, -0.15) is 0 Å². The molecule has 3 rings (SSSR count). The predicted molar refractivity (Wildman–Crippen MR) is 79.6 cm³/mol. The summed E-state index contributed by atoms with van der Waals surface area (Å²) in [6, 6.07) is 4.45. The van der Waals surface area contributed by atoms with Crippen molar-refractivity contribution in [1.29, 1.82) is 0 Å². The average Bonchev–Trinajstić information content (AvgIpc) is 3.25. The molecule has 0 spiro atoms. The molecular weight excluding hydrogens is 248 g/mol. The lowest BCUT2D eigenvalue weighted by atomic mass is 10.1. The third kappa shape index (κ3) is 2.64. The van der Waals surface area contributed by atoms with Crippen molar-refractivity contribution >= 4 is 5.82 Å². The zero-order valence-electron chi connectivity index (χ0n) is 12.2. The Morgan fingerprint density at radius 3 is 2.65 bits per heavy atom. The number of rotatable bonds is 4. The van der Waals surface area contributed by atoms with Gasteiger partial charge in [0.05, 0.1) is 11.7 Å². The standard InChI is InChI=1S/C16H20N4/c1-10-6-7-17-14(8-10)15(13-4-5-13)20-16-11(2)12(3)18-9-19-16/h6-9,13,15H,4-5H2,1-3H3,(H,18,19,20). The number of aromatic nitrogens is 3. The highest BCUT2D eigenvalue weighted by Gasteiger charge is 2.33. The molecule has 2 aromatic heterocycles. The summed E-state index contributed by atoms with van der Waals surface area (Å²) in [5.41, 5.74) is 4.50. The van der Waals surface area contributed by atoms with E-state index in [1.165, 1.54) is 18.4 Å². The van der Waals surface area contributed by atoms with Crippen molar-refractivity contribution in [3.8, 4) is 0 Å². The Labute approximate surface area is 119 Å². The molecule has 0 radical (unpaired) electrons. The normalized spacial score (nSPS) is 15.9. The first kappa shape index (κ1) is 13.0. The molecule has 104 valence electrons. The minimum absolute atomic E-state index is 0.253. The Balaban J connectivity index is 1.90. The summed E-state index contributed by atoms with van der Waals surface area (Å²) in [4.78, 5) is 13.2. The van der Waals surface area contributed by atoms with E-state index in [0.29, 0.717) is 5.92 Å². The number of hydrogen-bond acceptors (Lipinski definition) is 4. The maximum atomic E-state index is 4.54. The maximum absolute atomic E-state index is 4.54.